The van der Waals surface area contributed by atoms with Gasteiger partial charge in [0.1, 0.15) is 12.2 Å². The summed E-state index contributed by atoms with van der Waals surface area (Å²) < 4.78 is 0. The summed E-state index contributed by atoms with van der Waals surface area (Å²) in [5, 5.41) is 10.5. The maximum atomic E-state index is 4.18. The maximum absolute atomic E-state index is 4.18. The number of rotatable bonds is 4. The van der Waals surface area contributed by atoms with Gasteiger partial charge in [-0.25, -0.2) is 4.98 Å². The van der Waals surface area contributed by atoms with E-state index >= 15 is 0 Å². The van der Waals surface area contributed by atoms with Crippen molar-refractivity contribution in [3.05, 3.63) is 12.2 Å². The summed E-state index contributed by atoms with van der Waals surface area (Å²) in [5.41, 5.74) is 0. The largest absolute Gasteiger partial charge is 0.314 e. The molecule has 114 valence electrons. The minimum absolute atomic E-state index is 0.706. The Labute approximate surface area is 123 Å². The van der Waals surface area contributed by atoms with Crippen LogP contribution in [0.15, 0.2) is 6.33 Å². The fourth-order valence-electron chi connectivity index (χ4n) is 3.11. The van der Waals surface area contributed by atoms with Crippen molar-refractivity contribution in [2.24, 2.45) is 0 Å². The molecule has 0 radical (unpaired) electrons. The Hall–Kier alpha value is -0.900. The SMILES string of the molecule is c1n[nH]c(CCNC2CCCCCCCCCCC2)n1. The van der Waals surface area contributed by atoms with Crippen LogP contribution in [-0.2, 0) is 6.42 Å². The first kappa shape index (κ1) is 15.5. The Morgan fingerprint density at radius 3 is 2.10 bits per heavy atom. The topological polar surface area (TPSA) is 53.6 Å². The fraction of sp³-hybridized carbons (Fsp3) is 0.875. The minimum atomic E-state index is 0.706. The molecule has 1 heterocycles. The Morgan fingerprint density at radius 1 is 0.950 bits per heavy atom. The van der Waals surface area contributed by atoms with E-state index in [0.717, 1.165) is 18.8 Å². The highest BCUT2D eigenvalue weighted by Crippen LogP contribution is 2.16. The van der Waals surface area contributed by atoms with Gasteiger partial charge in [0.15, 0.2) is 0 Å². The molecule has 0 spiro atoms. The summed E-state index contributed by atoms with van der Waals surface area (Å²) in [7, 11) is 0. The van der Waals surface area contributed by atoms with Gasteiger partial charge in [0.25, 0.3) is 0 Å². The first-order valence-electron chi connectivity index (χ1n) is 8.53. The smallest absolute Gasteiger partial charge is 0.137 e. The molecule has 0 aliphatic heterocycles. The molecule has 1 aromatic rings. The highest BCUT2D eigenvalue weighted by Gasteiger charge is 2.09. The second-order valence-corrected chi connectivity index (χ2v) is 6.09. The summed E-state index contributed by atoms with van der Waals surface area (Å²) in [4.78, 5) is 4.18. The van der Waals surface area contributed by atoms with Crippen LogP contribution in [0.3, 0.4) is 0 Å². The molecule has 4 heteroatoms. The normalized spacial score (nSPS) is 20.2. The molecule has 1 aliphatic carbocycles. The van der Waals surface area contributed by atoms with E-state index in [1.165, 1.54) is 70.6 Å². The molecule has 0 bridgehead atoms. The second-order valence-electron chi connectivity index (χ2n) is 6.09. The molecule has 1 aliphatic rings. The first-order valence-corrected chi connectivity index (χ1v) is 8.53. The fourth-order valence-corrected chi connectivity index (χ4v) is 3.11. The average Bonchev–Trinajstić information content (AvgIpc) is 2.94. The number of H-pyrrole nitrogens is 1. The zero-order valence-electron chi connectivity index (χ0n) is 12.7. The number of aromatic amines is 1. The lowest BCUT2D eigenvalue weighted by molar-refractivity contribution is 0.405. The third-order valence-corrected chi connectivity index (χ3v) is 4.36. The van der Waals surface area contributed by atoms with Gasteiger partial charge in [0.05, 0.1) is 0 Å². The minimum Gasteiger partial charge on any atom is -0.314 e. The van der Waals surface area contributed by atoms with Gasteiger partial charge in [-0.1, -0.05) is 57.8 Å². The molecule has 2 N–H and O–H groups in total. The van der Waals surface area contributed by atoms with Gasteiger partial charge >= 0.3 is 0 Å². The van der Waals surface area contributed by atoms with Crippen molar-refractivity contribution in [3.63, 3.8) is 0 Å². The van der Waals surface area contributed by atoms with Crippen molar-refractivity contribution in [1.29, 1.82) is 0 Å². The first-order chi connectivity index (χ1) is 9.95. The summed E-state index contributed by atoms with van der Waals surface area (Å²) >= 11 is 0. The molecular weight excluding hydrogens is 248 g/mol. The van der Waals surface area contributed by atoms with Gasteiger partial charge in [-0.2, -0.15) is 5.10 Å². The predicted octanol–water partition coefficient (Wildman–Crippen LogP) is 3.61. The van der Waals surface area contributed by atoms with Gasteiger partial charge < -0.3 is 5.32 Å². The number of nitrogens with zero attached hydrogens (tertiary/aromatic N) is 2. The predicted molar refractivity (Wildman–Crippen MR) is 82.7 cm³/mol. The van der Waals surface area contributed by atoms with E-state index in [4.69, 9.17) is 0 Å². The molecule has 0 aromatic carbocycles. The molecule has 1 saturated carbocycles. The van der Waals surface area contributed by atoms with Crippen molar-refractivity contribution in [2.75, 3.05) is 6.54 Å². The van der Waals surface area contributed by atoms with Crippen LogP contribution >= 0.6 is 0 Å². The Kier molecular flexibility index (Phi) is 7.68. The number of hydrogen-bond acceptors (Lipinski definition) is 3. The highest BCUT2D eigenvalue weighted by atomic mass is 15.2. The molecule has 1 aromatic heterocycles. The van der Waals surface area contributed by atoms with Crippen molar-refractivity contribution < 1.29 is 0 Å². The van der Waals surface area contributed by atoms with Crippen LogP contribution in [0.1, 0.15) is 76.5 Å². The molecule has 4 nitrogen and oxygen atoms in total. The van der Waals surface area contributed by atoms with Gasteiger partial charge in [0, 0.05) is 19.0 Å². The van der Waals surface area contributed by atoms with Crippen LogP contribution in [-0.4, -0.2) is 27.8 Å². The summed E-state index contributed by atoms with van der Waals surface area (Å²) in [6.45, 7) is 1.01. The zero-order valence-corrected chi connectivity index (χ0v) is 12.7. The molecule has 20 heavy (non-hydrogen) atoms. The molecule has 2 rings (SSSR count). The lowest BCUT2D eigenvalue weighted by atomic mass is 9.98. The van der Waals surface area contributed by atoms with E-state index in [2.05, 4.69) is 20.5 Å². The van der Waals surface area contributed by atoms with Crippen LogP contribution < -0.4 is 5.32 Å². The van der Waals surface area contributed by atoms with Crippen molar-refractivity contribution in [2.45, 2.75) is 83.1 Å². The van der Waals surface area contributed by atoms with Crippen LogP contribution in [0, 0.1) is 0 Å². The van der Waals surface area contributed by atoms with Crippen LogP contribution in [0.2, 0.25) is 0 Å². The second kappa shape index (κ2) is 9.92. The molecular formula is C16H30N4. The van der Waals surface area contributed by atoms with Crippen LogP contribution in [0.5, 0.6) is 0 Å². The molecule has 0 amide bonds. The van der Waals surface area contributed by atoms with E-state index in [9.17, 15) is 0 Å². The van der Waals surface area contributed by atoms with Crippen molar-refractivity contribution in [1.82, 2.24) is 20.5 Å². The quantitative estimate of drug-likeness (QED) is 0.884. The molecule has 0 unspecified atom stereocenters. The summed E-state index contributed by atoms with van der Waals surface area (Å²) in [6.07, 6.45) is 18.1. The molecule has 0 saturated heterocycles. The highest BCUT2D eigenvalue weighted by molar-refractivity contribution is 4.81. The van der Waals surface area contributed by atoms with E-state index in [-0.39, 0.29) is 0 Å². The van der Waals surface area contributed by atoms with Crippen molar-refractivity contribution in [3.8, 4) is 0 Å². The molecule has 1 fully saturated rings. The standard InChI is InChI=1S/C16H30N4/c1-2-4-6-8-10-15(11-9-7-5-3-1)17-13-12-16-18-14-19-20-16/h14-15,17H,1-13H2,(H,18,19,20). The van der Waals surface area contributed by atoms with Gasteiger partial charge in [-0.05, 0) is 12.8 Å². The summed E-state index contributed by atoms with van der Waals surface area (Å²) in [6, 6.07) is 0.706. The zero-order chi connectivity index (χ0) is 13.9. The van der Waals surface area contributed by atoms with Gasteiger partial charge in [-0.3, -0.25) is 5.10 Å². The van der Waals surface area contributed by atoms with E-state index in [1.807, 2.05) is 0 Å². The number of hydrogen-bond donors (Lipinski definition) is 2. The monoisotopic (exact) mass is 278 g/mol. The third kappa shape index (κ3) is 6.51. The Bertz CT molecular complexity index is 311. The number of aromatic nitrogens is 3. The third-order valence-electron chi connectivity index (χ3n) is 4.36. The Morgan fingerprint density at radius 2 is 1.55 bits per heavy atom. The molecule has 0 atom stereocenters. The van der Waals surface area contributed by atoms with E-state index in [1.54, 1.807) is 6.33 Å². The van der Waals surface area contributed by atoms with Crippen LogP contribution in [0.4, 0.5) is 0 Å². The van der Waals surface area contributed by atoms with Crippen molar-refractivity contribution >= 4 is 0 Å². The van der Waals surface area contributed by atoms with E-state index in [0.29, 0.717) is 6.04 Å². The van der Waals surface area contributed by atoms with Crippen LogP contribution in [0.25, 0.3) is 0 Å². The van der Waals surface area contributed by atoms with Gasteiger partial charge in [-0.15, -0.1) is 0 Å². The lowest BCUT2D eigenvalue weighted by Gasteiger charge is -2.19. The van der Waals surface area contributed by atoms with E-state index < -0.39 is 0 Å². The summed E-state index contributed by atoms with van der Waals surface area (Å²) in [5.74, 6) is 0.991. The average molecular weight is 278 g/mol. The van der Waals surface area contributed by atoms with Gasteiger partial charge in [0.2, 0.25) is 0 Å². The lowest BCUT2D eigenvalue weighted by Crippen LogP contribution is -2.31. The number of nitrogens with one attached hydrogen (secondary N) is 2. The maximum Gasteiger partial charge on any atom is 0.137 e. The Balaban J connectivity index is 1.65.